The van der Waals surface area contributed by atoms with Crippen LogP contribution in [0.1, 0.15) is 324 Å². The van der Waals surface area contributed by atoms with E-state index in [-0.39, 0.29) is 0 Å². The lowest BCUT2D eigenvalue weighted by molar-refractivity contribution is 0.304. The maximum absolute atomic E-state index is 6.15. The van der Waals surface area contributed by atoms with E-state index in [9.17, 15) is 0 Å². The molecule has 0 saturated heterocycles. The third-order valence-corrected chi connectivity index (χ3v) is 16.9. The van der Waals surface area contributed by atoms with Crippen molar-refractivity contribution in [2.24, 2.45) is 0 Å². The van der Waals surface area contributed by atoms with Crippen molar-refractivity contribution in [2.75, 3.05) is 19.8 Å². The minimum Gasteiger partial charge on any atom is -0.494 e. The van der Waals surface area contributed by atoms with Gasteiger partial charge in [-0.05, 0) is 127 Å². The average Bonchev–Trinajstić information content (AvgIpc) is 3.57. The number of ether oxygens (including phenoxy) is 3. The van der Waals surface area contributed by atoms with Crippen molar-refractivity contribution in [3.05, 3.63) is 122 Å². The first-order chi connectivity index (χ1) is 40.6. The van der Waals surface area contributed by atoms with Crippen LogP contribution < -0.4 is 14.2 Å². The molecule has 0 heterocycles. The second-order valence-corrected chi connectivity index (χ2v) is 24.7. The zero-order valence-corrected chi connectivity index (χ0v) is 54.7. The van der Waals surface area contributed by atoms with Gasteiger partial charge in [0.2, 0.25) is 0 Å². The van der Waals surface area contributed by atoms with Crippen LogP contribution in [0.2, 0.25) is 0 Å². The summed E-state index contributed by atoms with van der Waals surface area (Å²) < 4.78 is 19.5. The van der Waals surface area contributed by atoms with Gasteiger partial charge in [-0.1, -0.05) is 307 Å². The third kappa shape index (κ3) is 36.4. The summed E-state index contributed by atoms with van der Waals surface area (Å²) in [5, 5.41) is 0. The predicted molar refractivity (Wildman–Crippen MR) is 364 cm³/mol. The van der Waals surface area contributed by atoms with E-state index in [1.807, 2.05) is 36.4 Å². The number of unbranched alkanes of at least 4 members (excludes halogenated alkanes) is 39. The SMILES string of the molecule is CCCCCCCCCCCCCCCCOc1ccc(C#Cc2cc(C#Cc3ccc(OCCCCCCCCCCCCCCCC)cc3)c(C#Cc3ccc(OCCCCCCCCCCCCCCCC)cc3)cc2I)cc1. The number of hydrogen-bond acceptors (Lipinski definition) is 3. The molecule has 0 atom stereocenters. The quantitative estimate of drug-likeness (QED) is 0.0251. The van der Waals surface area contributed by atoms with E-state index in [0.29, 0.717) is 0 Å². The molecule has 0 N–H and O–H groups in total. The molecule has 0 aliphatic carbocycles. The van der Waals surface area contributed by atoms with Gasteiger partial charge in [0.15, 0.2) is 0 Å². The number of halogens is 1. The van der Waals surface area contributed by atoms with Crippen LogP contribution in [0.3, 0.4) is 0 Å². The standard InChI is InChI=1S/C78H113IO3/c1-4-7-10-13-16-19-22-25-28-31-34-37-40-43-64-80-75-58-49-69(50-59-75)46-55-72-67-74(57-48-71-53-62-77(63-54-71)82-66-45-42-39-36-33-30-27-24-21-18-15-12-9-6-3)78(79)68-73(72)56-47-70-51-60-76(61-52-70)81-65-44-41-38-35-32-29-26-23-20-17-14-11-8-5-2/h49-54,58-63,67-68H,4-45,64-66H2,1-3H3. The fourth-order valence-corrected chi connectivity index (χ4v) is 11.3. The van der Waals surface area contributed by atoms with Crippen molar-refractivity contribution in [2.45, 2.75) is 290 Å². The van der Waals surface area contributed by atoms with Gasteiger partial charge in [-0.2, -0.15) is 0 Å². The summed E-state index contributed by atoms with van der Waals surface area (Å²) in [6, 6.07) is 28.9. The van der Waals surface area contributed by atoms with E-state index in [0.717, 1.165) is 93.3 Å². The van der Waals surface area contributed by atoms with Crippen molar-refractivity contribution >= 4 is 22.6 Å². The fourth-order valence-electron chi connectivity index (χ4n) is 10.7. The van der Waals surface area contributed by atoms with Crippen LogP contribution in [-0.2, 0) is 0 Å². The third-order valence-electron chi connectivity index (χ3n) is 16.0. The first kappa shape index (κ1) is 70.2. The maximum Gasteiger partial charge on any atom is 0.119 e. The summed E-state index contributed by atoms with van der Waals surface area (Å²) in [4.78, 5) is 0. The Hall–Kier alpha value is -4.31. The molecule has 4 aromatic rings. The molecule has 0 radical (unpaired) electrons. The molecule has 4 rings (SSSR count). The maximum atomic E-state index is 6.15. The molecule has 4 aromatic carbocycles. The van der Waals surface area contributed by atoms with Crippen LogP contribution >= 0.6 is 22.6 Å². The van der Waals surface area contributed by atoms with Gasteiger partial charge in [0.05, 0.1) is 19.8 Å². The second-order valence-electron chi connectivity index (χ2n) is 23.5. The highest BCUT2D eigenvalue weighted by molar-refractivity contribution is 14.1. The Morgan fingerprint density at radius 2 is 0.451 bits per heavy atom. The first-order valence-electron chi connectivity index (χ1n) is 34.2. The van der Waals surface area contributed by atoms with Gasteiger partial charge in [0.1, 0.15) is 17.2 Å². The Balaban J connectivity index is 1.26. The number of benzene rings is 4. The first-order valence-corrected chi connectivity index (χ1v) is 35.2. The van der Waals surface area contributed by atoms with Gasteiger partial charge in [-0.25, -0.2) is 0 Å². The lowest BCUT2D eigenvalue weighted by Gasteiger charge is -2.07. The molecule has 3 nitrogen and oxygen atoms in total. The highest BCUT2D eigenvalue weighted by Crippen LogP contribution is 2.22. The normalized spacial score (nSPS) is 10.9. The van der Waals surface area contributed by atoms with Crippen molar-refractivity contribution < 1.29 is 14.2 Å². The van der Waals surface area contributed by atoms with E-state index < -0.39 is 0 Å². The zero-order chi connectivity index (χ0) is 57.9. The molecule has 0 fully saturated rings. The zero-order valence-electron chi connectivity index (χ0n) is 52.5. The fraction of sp³-hybridized carbons (Fsp3) is 0.615. The molecule has 0 saturated carbocycles. The van der Waals surface area contributed by atoms with Gasteiger partial charge in [-0.3, -0.25) is 0 Å². The Morgan fingerprint density at radius 3 is 0.695 bits per heavy atom. The summed E-state index contributed by atoms with van der Waals surface area (Å²) in [5.74, 6) is 23.4. The van der Waals surface area contributed by atoms with Crippen LogP contribution in [0.25, 0.3) is 0 Å². The van der Waals surface area contributed by atoms with Gasteiger partial charge in [-0.15, -0.1) is 0 Å². The molecular weight excluding hydrogens is 1110 g/mol. The summed E-state index contributed by atoms with van der Waals surface area (Å²) >= 11 is 2.39. The van der Waals surface area contributed by atoms with Crippen LogP contribution in [0, 0.1) is 39.1 Å². The number of hydrogen-bond donors (Lipinski definition) is 0. The highest BCUT2D eigenvalue weighted by Gasteiger charge is 2.07. The molecule has 0 aliphatic rings. The van der Waals surface area contributed by atoms with E-state index >= 15 is 0 Å². The Kier molecular flexibility index (Phi) is 42.8. The molecule has 0 bridgehead atoms. The Bertz CT molecular complexity index is 2350. The van der Waals surface area contributed by atoms with Crippen LogP contribution in [0.15, 0.2) is 84.9 Å². The van der Waals surface area contributed by atoms with Crippen molar-refractivity contribution in [1.82, 2.24) is 0 Å². The van der Waals surface area contributed by atoms with Crippen molar-refractivity contribution in [3.63, 3.8) is 0 Å². The number of rotatable bonds is 48. The predicted octanol–water partition coefficient (Wildman–Crippen LogP) is 24.1. The minimum absolute atomic E-state index is 0.754. The molecule has 82 heavy (non-hydrogen) atoms. The molecule has 0 spiro atoms. The summed E-state index contributed by atoms with van der Waals surface area (Å²) in [7, 11) is 0. The Labute approximate surface area is 518 Å². The van der Waals surface area contributed by atoms with Crippen LogP contribution in [-0.4, -0.2) is 19.8 Å². The lowest BCUT2D eigenvalue weighted by atomic mass is 10.0. The van der Waals surface area contributed by atoms with Gasteiger partial charge < -0.3 is 14.2 Å². The average molecular weight is 1230 g/mol. The summed E-state index contributed by atoms with van der Waals surface area (Å²) in [5.41, 5.74) is 5.50. The monoisotopic (exact) mass is 1220 g/mol. The highest BCUT2D eigenvalue weighted by atomic mass is 127. The van der Waals surface area contributed by atoms with Crippen molar-refractivity contribution in [3.8, 4) is 52.8 Å². The summed E-state index contributed by atoms with van der Waals surface area (Å²) in [6.45, 7) is 9.15. The van der Waals surface area contributed by atoms with E-state index in [2.05, 4.69) is 127 Å². The van der Waals surface area contributed by atoms with Gasteiger partial charge >= 0.3 is 0 Å². The molecule has 0 unspecified atom stereocenters. The van der Waals surface area contributed by atoms with Crippen LogP contribution in [0.4, 0.5) is 0 Å². The van der Waals surface area contributed by atoms with E-state index in [4.69, 9.17) is 14.2 Å². The molecular formula is C78H113IO3. The molecule has 0 aromatic heterocycles. The summed E-state index contributed by atoms with van der Waals surface area (Å²) in [6.07, 6.45) is 57.1. The topological polar surface area (TPSA) is 27.7 Å². The van der Waals surface area contributed by atoms with Gasteiger partial charge in [0, 0.05) is 37.0 Å². The molecule has 4 heteroatoms. The smallest absolute Gasteiger partial charge is 0.119 e. The van der Waals surface area contributed by atoms with Crippen LogP contribution in [0.5, 0.6) is 17.2 Å². The lowest BCUT2D eigenvalue weighted by Crippen LogP contribution is -1.97. The second kappa shape index (κ2) is 50.1. The van der Waals surface area contributed by atoms with E-state index in [1.54, 1.807) is 0 Å². The molecule has 0 amide bonds. The molecule has 0 aliphatic heterocycles. The molecule has 450 valence electrons. The van der Waals surface area contributed by atoms with Gasteiger partial charge in [0.25, 0.3) is 0 Å². The minimum atomic E-state index is 0.754. The van der Waals surface area contributed by atoms with E-state index in [1.165, 1.54) is 250 Å². The Morgan fingerprint density at radius 1 is 0.244 bits per heavy atom. The van der Waals surface area contributed by atoms with Crippen molar-refractivity contribution in [1.29, 1.82) is 0 Å². The largest absolute Gasteiger partial charge is 0.494 e.